The van der Waals surface area contributed by atoms with Gasteiger partial charge in [-0.1, -0.05) is 0 Å². The number of aromatic nitrogens is 4. The normalized spacial score (nSPS) is 12.7. The van der Waals surface area contributed by atoms with Gasteiger partial charge in [0.15, 0.2) is 0 Å². The van der Waals surface area contributed by atoms with Crippen LogP contribution in [0.15, 0.2) is 36.4 Å². The summed E-state index contributed by atoms with van der Waals surface area (Å²) in [4.78, 5) is 16.4. The molecule has 126 valence electrons. The Balaban J connectivity index is 1.91. The Morgan fingerprint density at radius 1 is 0.615 bits per heavy atom. The Bertz CT molecular complexity index is 1160. The van der Waals surface area contributed by atoms with Crippen molar-refractivity contribution in [2.24, 2.45) is 0 Å². The molecule has 2 aliphatic heterocycles. The van der Waals surface area contributed by atoms with Crippen LogP contribution in [0.25, 0.3) is 46.4 Å². The SMILES string of the molecule is Cc1c2nc(cc3nc(c(C)c4ccc(cc5ccc1[nH]5)[nH]4)C=C3)C=C2. The summed E-state index contributed by atoms with van der Waals surface area (Å²) in [7, 11) is 0. The van der Waals surface area contributed by atoms with Crippen LogP contribution in [0, 0.1) is 13.8 Å². The molecule has 3 aromatic heterocycles. The lowest BCUT2D eigenvalue weighted by atomic mass is 10.2. The van der Waals surface area contributed by atoms with Crippen LogP contribution in [0.2, 0.25) is 0 Å². The van der Waals surface area contributed by atoms with Crippen molar-refractivity contribution in [1.29, 1.82) is 0 Å². The van der Waals surface area contributed by atoms with Gasteiger partial charge in [0.25, 0.3) is 0 Å². The standard InChI is InChI=1S/C22H18N4/c1-13-19-7-3-15(23-19)11-17-5-9-21(25-17)14(2)22-10-6-18(26-22)12-16-4-8-20(13)24-16/h3-12,23,25H,1-2H3. The third-order valence-electron chi connectivity index (χ3n) is 4.92. The van der Waals surface area contributed by atoms with Crippen LogP contribution in [0.3, 0.4) is 0 Å². The smallest absolute Gasteiger partial charge is 0.0687 e. The van der Waals surface area contributed by atoms with E-state index in [0.717, 1.165) is 56.0 Å². The zero-order valence-corrected chi connectivity index (χ0v) is 14.7. The van der Waals surface area contributed by atoms with Crippen LogP contribution >= 0.6 is 0 Å². The molecule has 2 aliphatic rings. The minimum atomic E-state index is 0.925. The number of hydrogen-bond acceptors (Lipinski definition) is 2. The molecular weight excluding hydrogens is 320 g/mol. The average Bonchev–Trinajstić information content (AvgIpc) is 3.41. The first-order valence-electron chi connectivity index (χ1n) is 8.69. The van der Waals surface area contributed by atoms with Crippen molar-refractivity contribution in [2.45, 2.75) is 13.8 Å². The van der Waals surface area contributed by atoms with Gasteiger partial charge in [0.05, 0.1) is 22.8 Å². The van der Waals surface area contributed by atoms with Crippen molar-refractivity contribution in [1.82, 2.24) is 19.9 Å². The fraction of sp³-hybridized carbons (Fsp3) is 0.0909. The van der Waals surface area contributed by atoms with Gasteiger partial charge < -0.3 is 9.97 Å². The second kappa shape index (κ2) is 5.56. The van der Waals surface area contributed by atoms with Gasteiger partial charge in [-0.05, 0) is 85.7 Å². The van der Waals surface area contributed by atoms with Gasteiger partial charge in [0.2, 0.25) is 0 Å². The second-order valence-corrected chi connectivity index (χ2v) is 6.70. The fourth-order valence-corrected chi connectivity index (χ4v) is 3.36. The number of nitrogens with one attached hydrogen (secondary N) is 2. The van der Waals surface area contributed by atoms with Crippen molar-refractivity contribution in [3.05, 3.63) is 70.3 Å². The van der Waals surface area contributed by atoms with Crippen molar-refractivity contribution in [3.63, 3.8) is 0 Å². The predicted molar refractivity (Wildman–Crippen MR) is 108 cm³/mol. The van der Waals surface area contributed by atoms with E-state index < -0.39 is 0 Å². The molecule has 4 nitrogen and oxygen atoms in total. The maximum absolute atomic E-state index is 4.74. The first-order chi connectivity index (χ1) is 12.7. The molecular formula is C22H18N4. The number of fused-ring (bicyclic) bond motifs is 8. The van der Waals surface area contributed by atoms with Crippen molar-refractivity contribution >= 4 is 46.4 Å². The Labute approximate surface area is 151 Å². The minimum absolute atomic E-state index is 0.925. The number of hydrogen-bond donors (Lipinski definition) is 2. The summed E-state index contributed by atoms with van der Waals surface area (Å²) in [5.41, 5.74) is 10.3. The maximum Gasteiger partial charge on any atom is 0.0687 e. The summed E-state index contributed by atoms with van der Waals surface area (Å²) in [6.45, 7) is 4.18. The third kappa shape index (κ3) is 2.47. The van der Waals surface area contributed by atoms with E-state index in [1.807, 2.05) is 18.2 Å². The molecule has 0 radical (unpaired) electrons. The quantitative estimate of drug-likeness (QED) is 0.404. The fourth-order valence-electron chi connectivity index (χ4n) is 3.36. The van der Waals surface area contributed by atoms with Gasteiger partial charge in [0.1, 0.15) is 0 Å². The Hall–Kier alpha value is -3.40. The summed E-state index contributed by atoms with van der Waals surface area (Å²) >= 11 is 0. The molecule has 8 bridgehead atoms. The van der Waals surface area contributed by atoms with Gasteiger partial charge in [-0.2, -0.15) is 0 Å². The second-order valence-electron chi connectivity index (χ2n) is 6.70. The topological polar surface area (TPSA) is 57.4 Å². The predicted octanol–water partition coefficient (Wildman–Crippen LogP) is 5.27. The van der Waals surface area contributed by atoms with E-state index in [9.17, 15) is 0 Å². The number of nitrogens with zero attached hydrogens (tertiary/aromatic N) is 2. The van der Waals surface area contributed by atoms with E-state index in [4.69, 9.17) is 9.97 Å². The molecule has 3 aromatic rings. The molecule has 0 aromatic carbocycles. The summed E-state index contributed by atoms with van der Waals surface area (Å²) in [6.07, 6.45) is 8.19. The molecule has 0 saturated heterocycles. The van der Waals surface area contributed by atoms with Gasteiger partial charge in [-0.15, -0.1) is 0 Å². The Kier molecular flexibility index (Phi) is 3.19. The van der Waals surface area contributed by atoms with Gasteiger partial charge in [0, 0.05) is 22.1 Å². The van der Waals surface area contributed by atoms with Crippen LogP contribution in [0.5, 0.6) is 0 Å². The molecule has 5 rings (SSSR count). The van der Waals surface area contributed by atoms with Crippen LogP contribution in [-0.4, -0.2) is 19.9 Å². The van der Waals surface area contributed by atoms with Crippen LogP contribution in [0.4, 0.5) is 0 Å². The van der Waals surface area contributed by atoms with E-state index >= 15 is 0 Å². The number of H-pyrrole nitrogens is 2. The number of aromatic amines is 2. The average molecular weight is 338 g/mol. The lowest BCUT2D eigenvalue weighted by molar-refractivity contribution is 1.24. The molecule has 0 fully saturated rings. The molecule has 0 atom stereocenters. The van der Waals surface area contributed by atoms with E-state index in [2.05, 4.69) is 66.3 Å². The summed E-state index contributed by atoms with van der Waals surface area (Å²) in [6, 6.07) is 12.5. The highest BCUT2D eigenvalue weighted by atomic mass is 14.8. The highest BCUT2D eigenvalue weighted by Gasteiger charge is 2.07. The summed E-state index contributed by atoms with van der Waals surface area (Å²) in [5.74, 6) is 0. The number of rotatable bonds is 0. The van der Waals surface area contributed by atoms with Crippen LogP contribution in [-0.2, 0) is 0 Å². The van der Waals surface area contributed by atoms with E-state index in [-0.39, 0.29) is 0 Å². The molecule has 0 unspecified atom stereocenters. The van der Waals surface area contributed by atoms with Crippen LogP contribution < -0.4 is 0 Å². The van der Waals surface area contributed by atoms with Crippen molar-refractivity contribution in [3.8, 4) is 0 Å². The molecule has 0 spiro atoms. The zero-order chi connectivity index (χ0) is 17.7. The van der Waals surface area contributed by atoms with E-state index in [1.54, 1.807) is 0 Å². The Morgan fingerprint density at radius 2 is 1.12 bits per heavy atom. The summed E-state index contributed by atoms with van der Waals surface area (Å²) in [5, 5.41) is 0. The number of aryl methyl sites for hydroxylation is 2. The maximum atomic E-state index is 4.74. The van der Waals surface area contributed by atoms with Gasteiger partial charge in [-0.3, -0.25) is 0 Å². The van der Waals surface area contributed by atoms with Gasteiger partial charge in [-0.25, -0.2) is 9.97 Å². The lowest BCUT2D eigenvalue weighted by Gasteiger charge is -1.93. The highest BCUT2D eigenvalue weighted by molar-refractivity contribution is 5.80. The Morgan fingerprint density at radius 3 is 1.62 bits per heavy atom. The molecule has 0 amide bonds. The highest BCUT2D eigenvalue weighted by Crippen LogP contribution is 2.21. The summed E-state index contributed by atoms with van der Waals surface area (Å²) < 4.78 is 0. The molecule has 5 heterocycles. The molecule has 2 N–H and O–H groups in total. The molecule has 26 heavy (non-hydrogen) atoms. The van der Waals surface area contributed by atoms with E-state index in [0.29, 0.717) is 0 Å². The van der Waals surface area contributed by atoms with Crippen molar-refractivity contribution < 1.29 is 0 Å². The van der Waals surface area contributed by atoms with E-state index in [1.165, 1.54) is 0 Å². The largest absolute Gasteiger partial charge is 0.355 e. The van der Waals surface area contributed by atoms with Crippen molar-refractivity contribution in [2.75, 3.05) is 0 Å². The minimum Gasteiger partial charge on any atom is -0.355 e. The molecule has 0 saturated carbocycles. The molecule has 0 aliphatic carbocycles. The third-order valence-corrected chi connectivity index (χ3v) is 4.92. The lowest BCUT2D eigenvalue weighted by Crippen LogP contribution is -1.83. The zero-order valence-electron chi connectivity index (χ0n) is 14.7. The first-order valence-corrected chi connectivity index (χ1v) is 8.69. The first kappa shape index (κ1) is 14.9. The van der Waals surface area contributed by atoms with Gasteiger partial charge >= 0.3 is 0 Å². The monoisotopic (exact) mass is 338 g/mol. The molecule has 4 heteroatoms. The van der Waals surface area contributed by atoms with Crippen LogP contribution in [0.1, 0.15) is 33.9 Å².